The summed E-state index contributed by atoms with van der Waals surface area (Å²) in [6.07, 6.45) is 6.41. The molecule has 0 bridgehead atoms. The number of aryl methyl sites for hydroxylation is 1. The van der Waals surface area contributed by atoms with Gasteiger partial charge in [-0.05, 0) is 43.4 Å². The van der Waals surface area contributed by atoms with Gasteiger partial charge in [0.2, 0.25) is 0 Å². The molecule has 2 heterocycles. The zero-order chi connectivity index (χ0) is 22.9. The maximum Gasteiger partial charge on any atom is 0.341 e. The van der Waals surface area contributed by atoms with E-state index in [1.165, 1.54) is 24.6 Å². The molecule has 0 fully saturated rings. The van der Waals surface area contributed by atoms with Gasteiger partial charge in [-0.15, -0.1) is 11.3 Å². The number of hydrogen-bond acceptors (Lipinski definition) is 8. The van der Waals surface area contributed by atoms with Gasteiger partial charge < -0.3 is 20.1 Å². The number of carbonyl (C=O) groups is 4. The lowest BCUT2D eigenvalue weighted by Crippen LogP contribution is -2.42. The van der Waals surface area contributed by atoms with Crippen molar-refractivity contribution in [3.05, 3.63) is 46.1 Å². The van der Waals surface area contributed by atoms with Crippen LogP contribution in [-0.2, 0) is 27.1 Å². The summed E-state index contributed by atoms with van der Waals surface area (Å²) in [6, 6.07) is 2.56. The number of imide groups is 1. The van der Waals surface area contributed by atoms with Crippen molar-refractivity contribution in [2.45, 2.75) is 25.7 Å². The molecule has 0 saturated heterocycles. The number of methoxy groups -OCH3 is 1. The molecule has 32 heavy (non-hydrogen) atoms. The normalized spacial score (nSPS) is 12.4. The van der Waals surface area contributed by atoms with E-state index in [0.29, 0.717) is 23.6 Å². The van der Waals surface area contributed by atoms with Gasteiger partial charge in [0, 0.05) is 30.9 Å². The molecule has 170 valence electrons. The largest absolute Gasteiger partial charge is 0.452 e. The highest BCUT2D eigenvalue weighted by Crippen LogP contribution is 2.38. The van der Waals surface area contributed by atoms with Gasteiger partial charge in [-0.2, -0.15) is 0 Å². The van der Waals surface area contributed by atoms with Crippen LogP contribution in [0, 0.1) is 0 Å². The van der Waals surface area contributed by atoms with Crippen LogP contribution in [0.5, 0.6) is 0 Å². The summed E-state index contributed by atoms with van der Waals surface area (Å²) in [6.45, 7) is -0.0962. The summed E-state index contributed by atoms with van der Waals surface area (Å²) in [5.41, 5.74) is 1.46. The fourth-order valence-corrected chi connectivity index (χ4v) is 4.49. The third-order valence-electron chi connectivity index (χ3n) is 4.71. The third kappa shape index (κ3) is 6.11. The van der Waals surface area contributed by atoms with Gasteiger partial charge in [-0.1, -0.05) is 0 Å². The van der Waals surface area contributed by atoms with Crippen molar-refractivity contribution in [3.8, 4) is 0 Å². The second-order valence-corrected chi connectivity index (χ2v) is 8.09. The van der Waals surface area contributed by atoms with Crippen LogP contribution in [0.4, 0.5) is 9.80 Å². The number of amides is 4. The number of nitrogens with one attached hydrogen (secondary N) is 3. The molecule has 2 aromatic rings. The van der Waals surface area contributed by atoms with Gasteiger partial charge in [0.1, 0.15) is 5.00 Å². The molecule has 0 unspecified atom stereocenters. The molecule has 0 saturated carbocycles. The molecule has 0 spiro atoms. The Morgan fingerprint density at radius 3 is 2.75 bits per heavy atom. The predicted molar refractivity (Wildman–Crippen MR) is 117 cm³/mol. The van der Waals surface area contributed by atoms with Crippen LogP contribution in [-0.4, -0.2) is 55.7 Å². The van der Waals surface area contributed by atoms with Gasteiger partial charge in [0.15, 0.2) is 6.61 Å². The van der Waals surface area contributed by atoms with Gasteiger partial charge >= 0.3 is 12.0 Å². The first kappa shape index (κ1) is 23.4. The second kappa shape index (κ2) is 11.3. The van der Waals surface area contributed by atoms with E-state index >= 15 is 0 Å². The maximum atomic E-state index is 12.8. The van der Waals surface area contributed by atoms with Gasteiger partial charge in [0.05, 0.1) is 17.7 Å². The number of rotatable bonds is 8. The Bertz CT molecular complexity index is 992. The Kier molecular flexibility index (Phi) is 8.28. The minimum absolute atomic E-state index is 0.233. The van der Waals surface area contributed by atoms with Crippen LogP contribution in [0.1, 0.15) is 44.0 Å². The van der Waals surface area contributed by atoms with Crippen molar-refractivity contribution >= 4 is 40.2 Å². The number of pyridine rings is 1. The Hall–Kier alpha value is -3.31. The van der Waals surface area contributed by atoms with E-state index in [2.05, 4.69) is 20.9 Å². The first-order valence-electron chi connectivity index (χ1n) is 10.1. The lowest BCUT2D eigenvalue weighted by Gasteiger charge is -2.13. The topological polar surface area (TPSA) is 136 Å². The number of esters is 1. The van der Waals surface area contributed by atoms with Gasteiger partial charge in [-0.25, -0.2) is 9.59 Å². The number of thiophene rings is 1. The van der Waals surface area contributed by atoms with E-state index in [4.69, 9.17) is 9.47 Å². The minimum atomic E-state index is -0.765. The maximum absolute atomic E-state index is 12.8. The van der Waals surface area contributed by atoms with Crippen LogP contribution in [0.15, 0.2) is 24.5 Å². The summed E-state index contributed by atoms with van der Waals surface area (Å²) < 4.78 is 9.96. The number of hydrogen-bond donors (Lipinski definition) is 3. The SMILES string of the molecule is COCCNC(=O)NC(=O)COC(=O)c1c(NC(=O)c2cccnc2)sc2c1CCCC2. The molecule has 10 nitrogen and oxygen atoms in total. The molecule has 2 aromatic heterocycles. The first-order chi connectivity index (χ1) is 15.5. The molecule has 0 aliphatic heterocycles. The number of carbonyl (C=O) groups excluding carboxylic acids is 4. The highest BCUT2D eigenvalue weighted by atomic mass is 32.1. The molecule has 0 radical (unpaired) electrons. The molecule has 3 rings (SSSR count). The highest BCUT2D eigenvalue weighted by Gasteiger charge is 2.28. The highest BCUT2D eigenvalue weighted by molar-refractivity contribution is 7.17. The zero-order valence-corrected chi connectivity index (χ0v) is 18.4. The van der Waals surface area contributed by atoms with Crippen LogP contribution in [0.25, 0.3) is 0 Å². The molecule has 4 amide bonds. The fraction of sp³-hybridized carbons (Fsp3) is 0.381. The van der Waals surface area contributed by atoms with Crippen LogP contribution >= 0.6 is 11.3 Å². The Morgan fingerprint density at radius 1 is 1.19 bits per heavy atom. The quantitative estimate of drug-likeness (QED) is 0.404. The molecule has 0 aromatic carbocycles. The number of urea groups is 1. The summed E-state index contributed by atoms with van der Waals surface area (Å²) in [4.78, 5) is 53.9. The smallest absolute Gasteiger partial charge is 0.341 e. The second-order valence-electron chi connectivity index (χ2n) is 6.98. The Labute approximate surface area is 188 Å². The Balaban J connectivity index is 1.67. The summed E-state index contributed by atoms with van der Waals surface area (Å²) in [5, 5.41) is 7.66. The van der Waals surface area contributed by atoms with Crippen LogP contribution < -0.4 is 16.0 Å². The molecule has 1 aliphatic rings. The third-order valence-corrected chi connectivity index (χ3v) is 5.91. The lowest BCUT2D eigenvalue weighted by molar-refractivity contribution is -0.123. The lowest BCUT2D eigenvalue weighted by atomic mass is 9.95. The fourth-order valence-electron chi connectivity index (χ4n) is 3.22. The zero-order valence-electron chi connectivity index (χ0n) is 17.6. The number of ether oxygens (including phenoxy) is 2. The molecular formula is C21H24N4O6S. The van der Waals surface area contributed by atoms with E-state index in [0.717, 1.165) is 29.7 Å². The number of aromatic nitrogens is 1. The van der Waals surface area contributed by atoms with Crippen molar-refractivity contribution in [1.82, 2.24) is 15.6 Å². The first-order valence-corrected chi connectivity index (χ1v) is 10.9. The Morgan fingerprint density at radius 2 is 2.00 bits per heavy atom. The molecule has 11 heteroatoms. The van der Waals surface area contributed by atoms with Crippen LogP contribution in [0.2, 0.25) is 0 Å². The number of nitrogens with zero attached hydrogens (tertiary/aromatic N) is 1. The number of fused-ring (bicyclic) bond motifs is 1. The van der Waals surface area contributed by atoms with E-state index in [1.807, 2.05) is 0 Å². The van der Waals surface area contributed by atoms with Crippen molar-refractivity contribution in [3.63, 3.8) is 0 Å². The summed E-state index contributed by atoms with van der Waals surface area (Å²) in [7, 11) is 1.49. The molecular weight excluding hydrogens is 436 g/mol. The molecule has 0 atom stereocenters. The van der Waals surface area contributed by atoms with Crippen molar-refractivity contribution in [2.75, 3.05) is 32.2 Å². The molecule has 3 N–H and O–H groups in total. The van der Waals surface area contributed by atoms with E-state index in [1.54, 1.807) is 18.3 Å². The van der Waals surface area contributed by atoms with Crippen molar-refractivity contribution in [1.29, 1.82) is 0 Å². The van der Waals surface area contributed by atoms with E-state index in [-0.39, 0.29) is 12.1 Å². The minimum Gasteiger partial charge on any atom is -0.452 e. The van der Waals surface area contributed by atoms with Gasteiger partial charge in [-0.3, -0.25) is 19.9 Å². The monoisotopic (exact) mass is 460 g/mol. The van der Waals surface area contributed by atoms with E-state index in [9.17, 15) is 19.2 Å². The summed E-state index contributed by atoms with van der Waals surface area (Å²) in [5.74, 6) is -1.88. The van der Waals surface area contributed by atoms with Crippen molar-refractivity contribution in [2.24, 2.45) is 0 Å². The summed E-state index contributed by atoms with van der Waals surface area (Å²) >= 11 is 1.34. The van der Waals surface area contributed by atoms with E-state index < -0.39 is 30.4 Å². The predicted octanol–water partition coefficient (Wildman–Crippen LogP) is 1.90. The van der Waals surface area contributed by atoms with Crippen LogP contribution in [0.3, 0.4) is 0 Å². The number of anilines is 1. The standard InChI is InChI=1S/C21H24N4O6S/c1-30-10-9-23-21(29)24-16(26)12-31-20(28)17-14-6-2-3-7-15(14)32-19(17)25-18(27)13-5-4-8-22-11-13/h4-5,8,11H,2-3,6-7,9-10,12H2,1H3,(H,25,27)(H2,23,24,26,29). The average Bonchev–Trinajstić information content (AvgIpc) is 3.16. The van der Waals surface area contributed by atoms with Crippen molar-refractivity contribution < 1.29 is 28.7 Å². The average molecular weight is 461 g/mol. The molecule has 1 aliphatic carbocycles. The van der Waals surface area contributed by atoms with Gasteiger partial charge in [0.25, 0.3) is 11.8 Å².